The highest BCUT2D eigenvalue weighted by Gasteiger charge is 2.52. The fraction of sp³-hybridized carbons (Fsp3) is 0.480. The number of carbonyl (C=O) groups is 10. The molecule has 6 aliphatic rings. The Labute approximate surface area is 784 Å². The van der Waals surface area contributed by atoms with E-state index in [9.17, 15) is 77.6 Å². The predicted octanol–water partition coefficient (Wildman–Crippen LogP) is 14.7. The van der Waals surface area contributed by atoms with E-state index >= 15 is 0 Å². The maximum atomic E-state index is 14.0. The number of amides is 2. The summed E-state index contributed by atoms with van der Waals surface area (Å²) in [5.41, 5.74) is 2.89. The Kier molecular flexibility index (Phi) is 29.5. The van der Waals surface area contributed by atoms with E-state index in [0.29, 0.717) is 101 Å². The number of nitrogens with one attached hydrogen (secondary N) is 2. The highest BCUT2D eigenvalue weighted by Crippen LogP contribution is 2.47. The molecule has 0 fully saturated rings. The molecule has 728 valence electrons. The molecule has 0 bridgehead atoms. The number of aromatic hydroxyl groups is 1. The van der Waals surface area contributed by atoms with Crippen LogP contribution >= 0.6 is 0 Å². The zero-order chi connectivity index (χ0) is 101. The maximum Gasteiger partial charge on any atom is 0.514 e. The lowest BCUT2D eigenvalue weighted by atomic mass is 9.85. The Morgan fingerprint density at radius 2 is 0.750 bits per heavy atom. The molecule has 0 unspecified atom stereocenters. The van der Waals surface area contributed by atoms with Crippen molar-refractivity contribution < 1.29 is 120 Å². The second-order valence-electron chi connectivity index (χ2n) is 39.7. The molecule has 36 nitrogen and oxygen atoms in total. The number of phenols is 1. The van der Waals surface area contributed by atoms with Gasteiger partial charge in [-0.1, -0.05) is 62.3 Å². The van der Waals surface area contributed by atoms with E-state index < -0.39 is 112 Å². The smallest absolute Gasteiger partial charge is 0.508 e. The van der Waals surface area contributed by atoms with E-state index in [2.05, 4.69) is 10.6 Å². The number of carboxylic acids is 1. The van der Waals surface area contributed by atoms with E-state index in [1.54, 1.807) is 190 Å². The Bertz CT molecular complexity index is 6520. The van der Waals surface area contributed by atoms with Crippen LogP contribution in [0.4, 0.5) is 19.2 Å². The average Bonchev–Trinajstić information content (AvgIpc) is 1.49. The third-order valence-electron chi connectivity index (χ3n) is 22.5. The highest BCUT2D eigenvalue weighted by molar-refractivity contribution is 5.95. The first-order valence-electron chi connectivity index (χ1n) is 45.0. The lowest BCUT2D eigenvalue weighted by molar-refractivity contribution is -0.188. The number of pyridine rings is 6. The number of cyclic esters (lactones) is 3. The molecule has 0 saturated carbocycles. The second-order valence-corrected chi connectivity index (χ2v) is 39.7. The SMILES string of the molecule is CC(C)(C)CC(=O)OC(C)(C)C.CC(C)(C)OC(=O)NCC(=O)O.CCc1c2c(nc3ccc(O)cc13)-c1cc3c(c(=O)n1C2)COC(=O)[C@]3(O)CC.CCc1c2c(nc3ccc(OC(=O)OC(C)(C)C)cc13)-c1cc3c(c(=O)n1C2)COC(=O)[C@@]3(CC)OC(=O)CNC(=O)OC(C)(C)C.CCc1c2c(nc3ccc(OC(=O)OC(C)(C)C)cc13)-c1cc3c(c(=O)n1C2)COC(=O)[C@]3(O)CC. The van der Waals surface area contributed by atoms with Gasteiger partial charge in [-0.2, -0.15) is 0 Å². The van der Waals surface area contributed by atoms with Gasteiger partial charge in [-0.25, -0.2) is 48.5 Å². The largest absolute Gasteiger partial charge is 0.514 e. The van der Waals surface area contributed by atoms with Crippen molar-refractivity contribution in [2.45, 2.75) is 295 Å². The molecule has 0 aliphatic carbocycles. The number of esters is 5. The first-order valence-corrected chi connectivity index (χ1v) is 45.0. The van der Waals surface area contributed by atoms with Crippen LogP contribution in [0.3, 0.4) is 0 Å². The number of ether oxygens (including phenoxy) is 11. The number of aliphatic carboxylic acids is 1. The fourth-order valence-corrected chi connectivity index (χ4v) is 16.6. The number of aliphatic hydroxyl groups is 2. The van der Waals surface area contributed by atoms with Crippen LogP contribution in [0, 0.1) is 5.41 Å². The summed E-state index contributed by atoms with van der Waals surface area (Å²) >= 11 is 0. The predicted molar refractivity (Wildman–Crippen MR) is 497 cm³/mol. The minimum Gasteiger partial charge on any atom is -0.508 e. The number of carbonyl (C=O) groups excluding carboxylic acids is 9. The van der Waals surface area contributed by atoms with Crippen molar-refractivity contribution in [3.05, 3.63) is 171 Å². The molecule has 136 heavy (non-hydrogen) atoms. The molecule has 6 N–H and O–H groups in total. The summed E-state index contributed by atoms with van der Waals surface area (Å²) in [6, 6.07) is 20.3. The van der Waals surface area contributed by atoms with Gasteiger partial charge < -0.3 is 96.9 Å². The van der Waals surface area contributed by atoms with Gasteiger partial charge in [0, 0.05) is 49.5 Å². The number of alkyl carbamates (subject to hydrolysis) is 2. The number of aryl methyl sites for hydroxylation is 3. The van der Waals surface area contributed by atoms with Crippen LogP contribution in [0.5, 0.6) is 17.2 Å². The molecular formula is C100H120N8O28. The lowest BCUT2D eigenvalue weighted by Gasteiger charge is -2.35. The quantitative estimate of drug-likeness (QED) is 0.0334. The lowest BCUT2D eigenvalue weighted by Crippen LogP contribution is -2.49. The van der Waals surface area contributed by atoms with Gasteiger partial charge in [-0.15, -0.1) is 0 Å². The summed E-state index contributed by atoms with van der Waals surface area (Å²) in [5.74, 6) is -3.64. The first kappa shape index (κ1) is 103. The van der Waals surface area contributed by atoms with Crippen LogP contribution in [0.1, 0.15) is 259 Å². The second kappa shape index (κ2) is 39.0. The van der Waals surface area contributed by atoms with Crippen LogP contribution in [-0.2, 0) is 147 Å². The van der Waals surface area contributed by atoms with Crippen LogP contribution in [-0.4, -0.2) is 150 Å². The molecule has 2 amide bonds. The number of hydrogen-bond donors (Lipinski definition) is 6. The highest BCUT2D eigenvalue weighted by atomic mass is 16.7. The van der Waals surface area contributed by atoms with Gasteiger partial charge in [-0.3, -0.25) is 28.8 Å². The number of carboxylic acid groups (broad SMARTS) is 1. The third-order valence-corrected chi connectivity index (χ3v) is 22.5. The monoisotopic (exact) mass is 1880 g/mol. The number of nitrogens with zero attached hydrogens (tertiary/aromatic N) is 6. The van der Waals surface area contributed by atoms with Crippen molar-refractivity contribution in [1.29, 1.82) is 0 Å². The maximum absolute atomic E-state index is 14.0. The van der Waals surface area contributed by atoms with Crippen molar-refractivity contribution >= 4 is 93.0 Å². The average molecular weight is 1880 g/mol. The number of rotatable bonds is 14. The standard InChI is InChI=1S/C34H39N3O10.C27H28N2O7.C22H20N2O5.C10H20O2.C7H13NO4/c1-9-19-20-13-18(44-31(42)47-33(6,7)8)11-12-24(20)36-27-21(19)16-37-25(27)14-23-22(28(37)39)17-43-29(40)34(23,10-2)45-26(38)15-35-30(41)46-32(3,4)5;1-6-15-16-10-14(35-25(32)36-26(3,4)5)8-9-20(16)28-22-17(15)12-29-21(22)11-19-18(23(29)30)13-34-24(31)27(19,33)7-2;1-3-12-13-7-11(25)5-6-17(13)23-19-14(12)9-24-18(19)8-16-15(20(24)26)10-29-21(27)22(16,28)4-2;1-9(2,3)7-8(11)12-10(4,5)6;1-7(2,3)12-6(11)8-4-5(9)10/h11-14H,9-10,15-17H2,1-8H3,(H,35,41);8-11,33H,6-7,12-13H2,1-5H3;5-8,25,28H,3-4,9-10H2,1-2H3;7H2,1-6H3;4H2,1-3H3,(H,8,11)(H,9,10)/t34-;27-;22-;;/m000../s1. The Balaban J connectivity index is 0.000000177. The topological polar surface area (TPSA) is 482 Å². The molecule has 12 heterocycles. The third kappa shape index (κ3) is 22.5. The molecule has 3 aromatic carbocycles. The van der Waals surface area contributed by atoms with Crippen molar-refractivity contribution in [2.24, 2.45) is 5.41 Å². The van der Waals surface area contributed by atoms with E-state index in [0.717, 1.165) is 55.1 Å². The minimum atomic E-state index is -1.92. The summed E-state index contributed by atoms with van der Waals surface area (Å²) in [6.07, 6.45) is -0.568. The van der Waals surface area contributed by atoms with Crippen molar-refractivity contribution in [2.75, 3.05) is 13.1 Å². The van der Waals surface area contributed by atoms with E-state index in [1.807, 2.05) is 62.3 Å². The number of hydrogen-bond acceptors (Lipinski definition) is 30. The van der Waals surface area contributed by atoms with Crippen molar-refractivity contribution in [3.8, 4) is 51.4 Å². The summed E-state index contributed by atoms with van der Waals surface area (Å²) in [6.45, 7) is 42.7. The summed E-state index contributed by atoms with van der Waals surface area (Å²) in [5, 5.41) is 46.9. The van der Waals surface area contributed by atoms with Crippen LogP contribution < -0.4 is 36.8 Å². The summed E-state index contributed by atoms with van der Waals surface area (Å²) < 4.78 is 62.7. The van der Waals surface area contributed by atoms with Gasteiger partial charge in [0.2, 0.25) is 5.60 Å². The summed E-state index contributed by atoms with van der Waals surface area (Å²) in [4.78, 5) is 175. The molecule has 0 spiro atoms. The Hall–Kier alpha value is -13.6. The van der Waals surface area contributed by atoms with E-state index in [4.69, 9.17) is 72.2 Å². The zero-order valence-electron chi connectivity index (χ0n) is 81.3. The molecule has 9 aromatic rings. The van der Waals surface area contributed by atoms with Gasteiger partial charge in [0.05, 0.1) is 93.5 Å². The van der Waals surface area contributed by atoms with Gasteiger partial charge >= 0.3 is 60.3 Å². The Morgan fingerprint density at radius 1 is 0.412 bits per heavy atom. The normalized spacial score (nSPS) is 16.9. The van der Waals surface area contributed by atoms with Gasteiger partial charge in [-0.05, 0) is 237 Å². The van der Waals surface area contributed by atoms with E-state index in [-0.39, 0.29) is 107 Å². The van der Waals surface area contributed by atoms with E-state index in [1.165, 1.54) is 0 Å². The molecule has 0 saturated heterocycles. The molecule has 6 aromatic heterocycles. The number of benzene rings is 3. The summed E-state index contributed by atoms with van der Waals surface area (Å²) in [7, 11) is 0. The van der Waals surface area contributed by atoms with Crippen LogP contribution in [0.25, 0.3) is 66.9 Å². The van der Waals surface area contributed by atoms with Gasteiger partial charge in [0.1, 0.15) is 78.2 Å². The van der Waals surface area contributed by atoms with Crippen LogP contribution in [0.15, 0.2) is 87.2 Å². The molecule has 0 radical (unpaired) electrons. The molecule has 3 atom stereocenters. The fourth-order valence-electron chi connectivity index (χ4n) is 16.6. The molecule has 6 aliphatic heterocycles. The molecule has 15 rings (SSSR count). The van der Waals surface area contributed by atoms with Crippen molar-refractivity contribution in [3.63, 3.8) is 0 Å². The molecular weight excluding hydrogens is 1760 g/mol. The zero-order valence-corrected chi connectivity index (χ0v) is 81.3. The van der Waals surface area contributed by atoms with Gasteiger partial charge in [0.25, 0.3) is 16.7 Å². The van der Waals surface area contributed by atoms with Gasteiger partial charge in [0.15, 0.2) is 11.2 Å². The van der Waals surface area contributed by atoms with Crippen LogP contribution in [0.2, 0.25) is 0 Å². The minimum absolute atomic E-state index is 0.0162. The molecule has 36 heteroatoms. The number of aromatic nitrogens is 6. The Morgan fingerprint density at radius 3 is 1.09 bits per heavy atom. The number of fused-ring (bicyclic) bond motifs is 15. The van der Waals surface area contributed by atoms with Crippen molar-refractivity contribution in [1.82, 2.24) is 39.3 Å². The number of phenolic OH excluding ortho intramolecular Hbond substituents is 1. The first-order chi connectivity index (χ1) is 63.2.